The van der Waals surface area contributed by atoms with E-state index in [0.717, 1.165) is 6.33 Å². The van der Waals surface area contributed by atoms with E-state index in [9.17, 15) is 18.0 Å². The minimum absolute atomic E-state index is 0.111. The van der Waals surface area contributed by atoms with Gasteiger partial charge in [-0.2, -0.15) is 13.2 Å². The molecule has 1 aromatic rings. The first-order chi connectivity index (χ1) is 8.70. The number of halogens is 4. The Hall–Kier alpha value is -1.57. The van der Waals surface area contributed by atoms with Crippen molar-refractivity contribution >= 4 is 23.4 Å². The van der Waals surface area contributed by atoms with Crippen LogP contribution in [0.3, 0.4) is 0 Å². The van der Waals surface area contributed by atoms with Crippen LogP contribution in [0.25, 0.3) is 0 Å². The Morgan fingerprint density at radius 3 is 2.68 bits per heavy atom. The Balaban J connectivity index is 2.89. The molecule has 0 saturated heterocycles. The molecule has 0 spiro atoms. The number of anilines is 1. The predicted octanol–water partition coefficient (Wildman–Crippen LogP) is 2.73. The average Bonchev–Trinajstić information content (AvgIpc) is 2.25. The quantitative estimate of drug-likeness (QED) is 0.866. The lowest BCUT2D eigenvalue weighted by Crippen LogP contribution is -2.22. The minimum Gasteiger partial charge on any atom is -0.456 e. The van der Waals surface area contributed by atoms with Crippen molar-refractivity contribution in [2.45, 2.75) is 26.1 Å². The first-order valence-corrected chi connectivity index (χ1v) is 5.56. The molecule has 0 aromatic carbocycles. The van der Waals surface area contributed by atoms with Crippen LogP contribution in [-0.4, -0.2) is 28.7 Å². The molecule has 0 aliphatic rings. The summed E-state index contributed by atoms with van der Waals surface area (Å²) in [7, 11) is 0. The van der Waals surface area contributed by atoms with E-state index in [1.165, 1.54) is 13.8 Å². The number of aromatic nitrogens is 2. The lowest BCUT2D eigenvalue weighted by molar-refractivity contribution is -0.146. The van der Waals surface area contributed by atoms with E-state index >= 15 is 0 Å². The number of nitrogens with zero attached hydrogens (tertiary/aromatic N) is 2. The molecule has 1 atom stereocenters. The first kappa shape index (κ1) is 15.5. The lowest BCUT2D eigenvalue weighted by atomic mass is 10.2. The zero-order chi connectivity index (χ0) is 14.6. The molecule has 0 radical (unpaired) electrons. The first-order valence-electron chi connectivity index (χ1n) is 5.19. The number of nitrogens with one attached hydrogen (secondary N) is 1. The van der Waals surface area contributed by atoms with Gasteiger partial charge in [0.25, 0.3) is 0 Å². The maximum atomic E-state index is 12.1. The lowest BCUT2D eigenvalue weighted by Gasteiger charge is -2.15. The van der Waals surface area contributed by atoms with Gasteiger partial charge in [0.2, 0.25) is 0 Å². The van der Waals surface area contributed by atoms with Crippen molar-refractivity contribution < 1.29 is 22.7 Å². The number of carbonyl (C=O) groups excluding carboxylic acids is 1. The molecule has 1 N–H and O–H groups in total. The van der Waals surface area contributed by atoms with Crippen molar-refractivity contribution in [1.82, 2.24) is 9.97 Å². The number of ether oxygens (including phenoxy) is 1. The van der Waals surface area contributed by atoms with Gasteiger partial charge in [-0.15, -0.1) is 0 Å². The van der Waals surface area contributed by atoms with E-state index in [0.29, 0.717) is 0 Å². The highest BCUT2D eigenvalue weighted by Gasteiger charge is 2.28. The van der Waals surface area contributed by atoms with Gasteiger partial charge in [0, 0.05) is 6.92 Å². The van der Waals surface area contributed by atoms with Crippen LogP contribution in [0.5, 0.6) is 0 Å². The van der Waals surface area contributed by atoms with Crippen LogP contribution in [0, 0.1) is 0 Å². The van der Waals surface area contributed by atoms with E-state index in [2.05, 4.69) is 15.3 Å². The number of carbonyl (C=O) groups is 1. The highest BCUT2D eigenvalue weighted by molar-refractivity contribution is 6.33. The van der Waals surface area contributed by atoms with Crippen molar-refractivity contribution in [2.24, 2.45) is 0 Å². The average molecular weight is 298 g/mol. The summed E-state index contributed by atoms with van der Waals surface area (Å²) in [6.07, 6.45) is -4.13. The Morgan fingerprint density at radius 1 is 1.53 bits per heavy atom. The molecule has 1 aromatic heterocycles. The molecule has 0 fully saturated rings. The summed E-state index contributed by atoms with van der Waals surface area (Å²) in [6, 6.07) is 0. The summed E-state index contributed by atoms with van der Waals surface area (Å²) in [4.78, 5) is 18.2. The van der Waals surface area contributed by atoms with Gasteiger partial charge in [-0.1, -0.05) is 11.6 Å². The van der Waals surface area contributed by atoms with Crippen molar-refractivity contribution in [3.8, 4) is 0 Å². The Labute approximate surface area is 112 Å². The third kappa shape index (κ3) is 4.90. The molecule has 19 heavy (non-hydrogen) atoms. The molecular weight excluding hydrogens is 287 g/mol. The van der Waals surface area contributed by atoms with Gasteiger partial charge in [0.05, 0.1) is 0 Å². The highest BCUT2D eigenvalue weighted by Crippen LogP contribution is 2.29. The number of alkyl halides is 3. The van der Waals surface area contributed by atoms with Gasteiger partial charge in [-0.3, -0.25) is 4.79 Å². The second kappa shape index (κ2) is 6.05. The molecular formula is C10H11ClF3N3O2. The largest absolute Gasteiger partial charge is 0.456 e. The predicted molar refractivity (Wildman–Crippen MR) is 61.8 cm³/mol. The topological polar surface area (TPSA) is 64.1 Å². The molecule has 106 valence electrons. The molecule has 0 aliphatic heterocycles. The van der Waals surface area contributed by atoms with Crippen molar-refractivity contribution in [1.29, 1.82) is 0 Å². The van der Waals surface area contributed by atoms with Crippen LogP contribution < -0.4 is 5.32 Å². The van der Waals surface area contributed by atoms with Crippen molar-refractivity contribution in [2.75, 3.05) is 11.9 Å². The number of esters is 1. The monoisotopic (exact) mass is 297 g/mol. The smallest absolute Gasteiger partial charge is 0.405 e. The van der Waals surface area contributed by atoms with E-state index in [4.69, 9.17) is 16.3 Å². The summed E-state index contributed by atoms with van der Waals surface area (Å²) in [6.45, 7) is 1.43. The van der Waals surface area contributed by atoms with E-state index in [1.807, 2.05) is 0 Å². The third-order valence-corrected chi connectivity index (χ3v) is 2.37. The van der Waals surface area contributed by atoms with E-state index in [1.54, 1.807) is 0 Å². The van der Waals surface area contributed by atoms with Gasteiger partial charge in [0.1, 0.15) is 35.5 Å². The zero-order valence-electron chi connectivity index (χ0n) is 10.1. The van der Waals surface area contributed by atoms with Crippen LogP contribution in [-0.2, 0) is 9.53 Å². The van der Waals surface area contributed by atoms with Gasteiger partial charge in [0.15, 0.2) is 0 Å². The summed E-state index contributed by atoms with van der Waals surface area (Å²) in [5.74, 6) is -0.713. The van der Waals surface area contributed by atoms with Gasteiger partial charge in [-0.05, 0) is 6.92 Å². The molecule has 0 aliphatic carbocycles. The van der Waals surface area contributed by atoms with Crippen LogP contribution in [0.2, 0.25) is 5.02 Å². The second-order valence-electron chi connectivity index (χ2n) is 3.64. The third-order valence-electron chi connectivity index (χ3n) is 2.00. The molecule has 0 saturated carbocycles. The SMILES string of the molecule is CC(=O)OC(C)c1ncnc(NCC(F)(F)F)c1Cl. The maximum absolute atomic E-state index is 12.1. The minimum atomic E-state index is -4.39. The van der Waals surface area contributed by atoms with Crippen molar-refractivity contribution in [3.63, 3.8) is 0 Å². The molecule has 0 bridgehead atoms. The molecule has 1 unspecified atom stereocenters. The summed E-state index contributed by atoms with van der Waals surface area (Å²) >= 11 is 5.87. The zero-order valence-corrected chi connectivity index (χ0v) is 10.8. The van der Waals surface area contributed by atoms with Gasteiger partial charge < -0.3 is 10.1 Å². The standard InChI is InChI=1S/C10H11ClF3N3O2/c1-5(19-6(2)18)8-7(11)9(17-4-16-8)15-3-10(12,13)14/h4-5H,3H2,1-2H3,(H,15,16,17). The van der Waals surface area contributed by atoms with Crippen LogP contribution in [0.15, 0.2) is 6.33 Å². The summed E-state index contributed by atoms with van der Waals surface area (Å²) in [5, 5.41) is 1.94. The second-order valence-corrected chi connectivity index (χ2v) is 4.02. The summed E-state index contributed by atoms with van der Waals surface area (Å²) in [5.41, 5.74) is 0.136. The Kier molecular flexibility index (Phi) is 4.93. The maximum Gasteiger partial charge on any atom is 0.405 e. The Morgan fingerprint density at radius 2 is 2.16 bits per heavy atom. The molecule has 1 rings (SSSR count). The molecule has 9 heteroatoms. The van der Waals surface area contributed by atoms with Crippen LogP contribution in [0.1, 0.15) is 25.6 Å². The highest BCUT2D eigenvalue weighted by atomic mass is 35.5. The van der Waals surface area contributed by atoms with Gasteiger partial charge in [-0.25, -0.2) is 9.97 Å². The molecule has 1 heterocycles. The number of hydrogen-bond acceptors (Lipinski definition) is 5. The van der Waals surface area contributed by atoms with Crippen molar-refractivity contribution in [3.05, 3.63) is 17.0 Å². The fourth-order valence-corrected chi connectivity index (χ4v) is 1.60. The number of hydrogen-bond donors (Lipinski definition) is 1. The normalized spacial score (nSPS) is 12.9. The fraction of sp³-hybridized carbons (Fsp3) is 0.500. The summed E-state index contributed by atoms with van der Waals surface area (Å²) < 4.78 is 41.1. The molecule has 0 amide bonds. The van der Waals surface area contributed by atoms with Crippen LogP contribution >= 0.6 is 11.6 Å². The fourth-order valence-electron chi connectivity index (χ4n) is 1.28. The van der Waals surface area contributed by atoms with E-state index < -0.39 is 24.8 Å². The number of rotatable bonds is 4. The van der Waals surface area contributed by atoms with Gasteiger partial charge >= 0.3 is 12.1 Å². The Bertz CT molecular complexity index is 468. The van der Waals surface area contributed by atoms with Crippen LogP contribution in [0.4, 0.5) is 19.0 Å². The van der Waals surface area contributed by atoms with E-state index in [-0.39, 0.29) is 16.5 Å². The molecule has 5 nitrogen and oxygen atoms in total.